The van der Waals surface area contributed by atoms with E-state index in [0.717, 1.165) is 105 Å². The standard InChI is InChI=1S/C51H31N3O2/c1-2-10-35(11-3-1)51-53-44(31-45(54-51)37-13-8-12-36(30-37)32-26-28-52-29-27-32)34-22-20-33(21-23-34)38-24-25-40(48-43-15-5-7-19-47(43)56-50(38)48)42-17-9-16-41-39-14-4-6-18-46(39)55-49(41)42/h1-31H. The summed E-state index contributed by atoms with van der Waals surface area (Å²) in [5.74, 6) is 0.676. The number of fused-ring (bicyclic) bond motifs is 6. The molecule has 0 bridgehead atoms. The van der Waals surface area contributed by atoms with Crippen molar-refractivity contribution in [3.63, 3.8) is 0 Å². The fourth-order valence-electron chi connectivity index (χ4n) is 7.92. The molecule has 11 rings (SSSR count). The lowest BCUT2D eigenvalue weighted by atomic mass is 9.93. The van der Waals surface area contributed by atoms with Gasteiger partial charge in [-0.15, -0.1) is 0 Å². The number of hydrogen-bond donors (Lipinski definition) is 0. The zero-order valence-corrected chi connectivity index (χ0v) is 30.1. The minimum Gasteiger partial charge on any atom is -0.455 e. The summed E-state index contributed by atoms with van der Waals surface area (Å²) in [5.41, 5.74) is 14.5. The highest BCUT2D eigenvalue weighted by atomic mass is 16.3. The summed E-state index contributed by atoms with van der Waals surface area (Å²) in [7, 11) is 0. The van der Waals surface area contributed by atoms with E-state index in [1.807, 2.05) is 67.0 Å². The molecule has 0 aliphatic rings. The van der Waals surface area contributed by atoms with Crippen molar-refractivity contribution in [3.8, 4) is 67.3 Å². The van der Waals surface area contributed by atoms with Crippen molar-refractivity contribution in [3.05, 3.63) is 188 Å². The number of hydrogen-bond acceptors (Lipinski definition) is 5. The van der Waals surface area contributed by atoms with E-state index in [2.05, 4.69) is 126 Å². The molecule has 0 aliphatic heterocycles. The van der Waals surface area contributed by atoms with Gasteiger partial charge in [0.05, 0.1) is 11.4 Å². The summed E-state index contributed by atoms with van der Waals surface area (Å²) >= 11 is 0. The van der Waals surface area contributed by atoms with Crippen LogP contribution in [0, 0.1) is 0 Å². The molecule has 4 heterocycles. The Balaban J connectivity index is 1.03. The van der Waals surface area contributed by atoms with Gasteiger partial charge in [0.15, 0.2) is 5.82 Å². The molecule has 0 radical (unpaired) electrons. The Hall–Kier alpha value is -7.63. The first-order chi connectivity index (χ1) is 27.7. The fraction of sp³-hybridized carbons (Fsp3) is 0. The number of para-hydroxylation sites is 3. The van der Waals surface area contributed by atoms with Gasteiger partial charge in [-0.1, -0.05) is 133 Å². The molecule has 0 aliphatic carbocycles. The van der Waals surface area contributed by atoms with E-state index in [4.69, 9.17) is 18.8 Å². The van der Waals surface area contributed by atoms with E-state index in [-0.39, 0.29) is 0 Å². The van der Waals surface area contributed by atoms with Gasteiger partial charge in [-0.2, -0.15) is 0 Å². The third-order valence-corrected chi connectivity index (χ3v) is 10.6. The van der Waals surface area contributed by atoms with Crippen LogP contribution in [0.1, 0.15) is 0 Å². The molecule has 262 valence electrons. The molecule has 5 heteroatoms. The van der Waals surface area contributed by atoms with Crippen molar-refractivity contribution in [2.24, 2.45) is 0 Å². The van der Waals surface area contributed by atoms with Crippen LogP contribution in [0.4, 0.5) is 0 Å². The van der Waals surface area contributed by atoms with Gasteiger partial charge in [-0.05, 0) is 64.7 Å². The summed E-state index contributed by atoms with van der Waals surface area (Å²) < 4.78 is 13.2. The molecule has 0 unspecified atom stereocenters. The van der Waals surface area contributed by atoms with Crippen molar-refractivity contribution in [1.82, 2.24) is 15.0 Å². The van der Waals surface area contributed by atoms with Crippen molar-refractivity contribution in [2.75, 3.05) is 0 Å². The summed E-state index contributed by atoms with van der Waals surface area (Å²) in [6.45, 7) is 0. The second-order valence-electron chi connectivity index (χ2n) is 14.0. The molecule has 0 fully saturated rings. The molecule has 7 aromatic carbocycles. The molecule has 0 amide bonds. The SMILES string of the molecule is c1ccc(-c2nc(-c3ccc(-c4ccc(-c5cccc6c5oc5ccccc56)c5c4oc4ccccc45)cc3)cc(-c3cccc(-c4ccncc4)c3)n2)cc1. The highest BCUT2D eigenvalue weighted by Crippen LogP contribution is 2.45. The van der Waals surface area contributed by atoms with Crippen LogP contribution in [-0.4, -0.2) is 15.0 Å². The molecule has 11 aromatic rings. The van der Waals surface area contributed by atoms with Gasteiger partial charge in [0, 0.05) is 61.8 Å². The predicted molar refractivity (Wildman–Crippen MR) is 227 cm³/mol. The molecule has 0 atom stereocenters. The third kappa shape index (κ3) is 5.37. The van der Waals surface area contributed by atoms with Gasteiger partial charge in [0.1, 0.15) is 22.3 Å². The molecule has 0 spiro atoms. The minimum absolute atomic E-state index is 0.676. The normalized spacial score (nSPS) is 11.6. The molecular formula is C51H31N3O2. The lowest BCUT2D eigenvalue weighted by Crippen LogP contribution is -1.96. The van der Waals surface area contributed by atoms with Crippen LogP contribution in [0.2, 0.25) is 0 Å². The van der Waals surface area contributed by atoms with Crippen LogP contribution in [0.3, 0.4) is 0 Å². The van der Waals surface area contributed by atoms with Gasteiger partial charge >= 0.3 is 0 Å². The maximum absolute atomic E-state index is 6.70. The Morgan fingerprint density at radius 1 is 0.339 bits per heavy atom. The Morgan fingerprint density at radius 2 is 0.946 bits per heavy atom. The fourth-order valence-corrected chi connectivity index (χ4v) is 7.92. The Kier molecular flexibility index (Phi) is 7.42. The van der Waals surface area contributed by atoms with E-state index >= 15 is 0 Å². The maximum Gasteiger partial charge on any atom is 0.160 e. The number of benzene rings is 7. The van der Waals surface area contributed by atoms with Crippen LogP contribution in [-0.2, 0) is 0 Å². The van der Waals surface area contributed by atoms with Gasteiger partial charge in [0.2, 0.25) is 0 Å². The number of aromatic nitrogens is 3. The average molecular weight is 718 g/mol. The number of nitrogens with zero attached hydrogens (tertiary/aromatic N) is 3. The molecule has 0 saturated heterocycles. The Labute approximate surface area is 322 Å². The van der Waals surface area contributed by atoms with E-state index < -0.39 is 0 Å². The van der Waals surface area contributed by atoms with Crippen LogP contribution in [0.5, 0.6) is 0 Å². The monoisotopic (exact) mass is 717 g/mol. The van der Waals surface area contributed by atoms with Gasteiger partial charge in [-0.3, -0.25) is 4.98 Å². The van der Waals surface area contributed by atoms with Crippen LogP contribution in [0.15, 0.2) is 197 Å². The Morgan fingerprint density at radius 3 is 1.77 bits per heavy atom. The lowest BCUT2D eigenvalue weighted by Gasteiger charge is -2.12. The van der Waals surface area contributed by atoms with Gasteiger partial charge < -0.3 is 8.83 Å². The third-order valence-electron chi connectivity index (χ3n) is 10.6. The number of furan rings is 2. The summed E-state index contributed by atoms with van der Waals surface area (Å²) in [5, 5.41) is 4.35. The van der Waals surface area contributed by atoms with E-state index in [9.17, 15) is 0 Å². The largest absolute Gasteiger partial charge is 0.455 e. The highest BCUT2D eigenvalue weighted by molar-refractivity contribution is 6.19. The molecular weight excluding hydrogens is 687 g/mol. The summed E-state index contributed by atoms with van der Waals surface area (Å²) in [4.78, 5) is 14.4. The zero-order chi connectivity index (χ0) is 37.0. The maximum atomic E-state index is 6.70. The second-order valence-corrected chi connectivity index (χ2v) is 14.0. The molecule has 4 aromatic heterocycles. The molecule has 0 saturated carbocycles. The Bertz CT molecular complexity index is 3240. The van der Waals surface area contributed by atoms with E-state index in [1.54, 1.807) is 0 Å². The highest BCUT2D eigenvalue weighted by Gasteiger charge is 2.21. The first kappa shape index (κ1) is 31.9. The predicted octanol–water partition coefficient (Wildman–Crippen LogP) is 13.7. The summed E-state index contributed by atoms with van der Waals surface area (Å²) in [6.07, 6.45) is 3.64. The van der Waals surface area contributed by atoms with Crippen LogP contribution >= 0.6 is 0 Å². The zero-order valence-electron chi connectivity index (χ0n) is 30.1. The van der Waals surface area contributed by atoms with Crippen molar-refractivity contribution >= 4 is 43.9 Å². The summed E-state index contributed by atoms with van der Waals surface area (Å²) in [6, 6.07) is 60.6. The lowest BCUT2D eigenvalue weighted by molar-refractivity contribution is 0.669. The molecule has 0 N–H and O–H groups in total. The smallest absolute Gasteiger partial charge is 0.160 e. The molecule has 56 heavy (non-hydrogen) atoms. The average Bonchev–Trinajstić information content (AvgIpc) is 3.86. The molecule has 5 nitrogen and oxygen atoms in total. The topological polar surface area (TPSA) is 65.0 Å². The van der Waals surface area contributed by atoms with Crippen molar-refractivity contribution in [1.29, 1.82) is 0 Å². The van der Waals surface area contributed by atoms with Gasteiger partial charge in [0.25, 0.3) is 0 Å². The van der Waals surface area contributed by atoms with Crippen molar-refractivity contribution < 1.29 is 8.83 Å². The second kappa shape index (κ2) is 13.0. The first-order valence-electron chi connectivity index (χ1n) is 18.7. The van der Waals surface area contributed by atoms with Crippen LogP contribution < -0.4 is 0 Å². The number of pyridine rings is 1. The first-order valence-corrected chi connectivity index (χ1v) is 18.7. The van der Waals surface area contributed by atoms with E-state index in [1.165, 1.54) is 0 Å². The van der Waals surface area contributed by atoms with Crippen molar-refractivity contribution in [2.45, 2.75) is 0 Å². The van der Waals surface area contributed by atoms with Gasteiger partial charge in [-0.25, -0.2) is 9.97 Å². The number of rotatable bonds is 6. The van der Waals surface area contributed by atoms with Crippen LogP contribution in [0.25, 0.3) is 111 Å². The minimum atomic E-state index is 0.676. The van der Waals surface area contributed by atoms with E-state index in [0.29, 0.717) is 5.82 Å². The quantitative estimate of drug-likeness (QED) is 0.171.